The number of thiophene rings is 1. The molecule has 0 radical (unpaired) electrons. The van der Waals surface area contributed by atoms with Crippen LogP contribution in [-0.4, -0.2) is 32.1 Å². The minimum atomic E-state index is -0.431. The average Bonchev–Trinajstić information content (AvgIpc) is 3.19. The van der Waals surface area contributed by atoms with Crippen molar-refractivity contribution in [3.8, 4) is 0 Å². The molecule has 1 aliphatic carbocycles. The number of carbonyl (C=O) groups excluding carboxylic acids is 2. The van der Waals surface area contributed by atoms with E-state index >= 15 is 0 Å². The van der Waals surface area contributed by atoms with Crippen molar-refractivity contribution >= 4 is 34.7 Å². The zero-order chi connectivity index (χ0) is 22.8. The van der Waals surface area contributed by atoms with Crippen LogP contribution in [0.4, 0.5) is 0 Å². The first-order chi connectivity index (χ1) is 15.4. The Kier molecular flexibility index (Phi) is 6.84. The predicted octanol–water partition coefficient (Wildman–Crippen LogP) is 5.26. The van der Waals surface area contributed by atoms with E-state index < -0.39 is 11.9 Å². The van der Waals surface area contributed by atoms with Crippen molar-refractivity contribution in [3.05, 3.63) is 79.3 Å². The molecule has 2 heterocycles. The Morgan fingerprint density at radius 3 is 2.62 bits per heavy atom. The third-order valence-electron chi connectivity index (χ3n) is 5.96. The number of ether oxygens (including phenoxy) is 2. The van der Waals surface area contributed by atoms with Crippen LogP contribution in [0.1, 0.15) is 46.9 Å². The van der Waals surface area contributed by atoms with E-state index in [4.69, 9.17) is 21.1 Å². The summed E-state index contributed by atoms with van der Waals surface area (Å²) in [5, 5.41) is 4.04. The van der Waals surface area contributed by atoms with Gasteiger partial charge in [0.05, 0.1) is 18.1 Å². The van der Waals surface area contributed by atoms with Gasteiger partial charge in [0.2, 0.25) is 0 Å². The van der Waals surface area contributed by atoms with Gasteiger partial charge < -0.3 is 14.8 Å². The summed E-state index contributed by atoms with van der Waals surface area (Å²) in [6.45, 7) is 4.37. The predicted molar refractivity (Wildman–Crippen MR) is 126 cm³/mol. The quantitative estimate of drug-likeness (QED) is 0.459. The maximum atomic E-state index is 13.5. The second-order valence-corrected chi connectivity index (χ2v) is 9.84. The highest BCUT2D eigenvalue weighted by Gasteiger charge is 2.42. The number of rotatable bonds is 6. The zero-order valence-corrected chi connectivity index (χ0v) is 19.9. The van der Waals surface area contributed by atoms with E-state index in [2.05, 4.69) is 5.32 Å². The van der Waals surface area contributed by atoms with Crippen molar-refractivity contribution < 1.29 is 19.1 Å². The number of benzene rings is 1. The lowest BCUT2D eigenvalue weighted by Gasteiger charge is -2.36. The molecular formula is C25H26ClNO4S. The maximum absolute atomic E-state index is 13.5. The molecule has 0 saturated carbocycles. The Bertz CT molecular complexity index is 1120. The Balaban J connectivity index is 1.74. The normalized spacial score (nSPS) is 20.8. The number of esters is 1. The van der Waals surface area contributed by atoms with Crippen LogP contribution >= 0.6 is 22.9 Å². The Morgan fingerprint density at radius 2 is 1.94 bits per heavy atom. The fourth-order valence-corrected chi connectivity index (χ4v) is 5.81. The number of Topliss-reactive ketones (excluding diaryl/α,β-unsaturated/α-hetero) is 1. The Hall–Kier alpha value is -2.41. The molecule has 1 aromatic carbocycles. The molecule has 0 unspecified atom stereocenters. The topological polar surface area (TPSA) is 64.6 Å². The first-order valence-corrected chi connectivity index (χ1v) is 11.8. The molecule has 7 heteroatoms. The minimum Gasteiger partial charge on any atom is -0.460 e. The van der Waals surface area contributed by atoms with Gasteiger partial charge in [-0.15, -0.1) is 11.3 Å². The fraction of sp³-hybridized carbons (Fsp3) is 0.360. The standard InChI is InChI=1S/C25H26ClNO4S/c1-14-8-9-21(32-14)24-22(25(29)31-11-10-30-3)15(2)27-19-12-16(13-20(28)23(19)24)17-6-4-5-7-18(17)26/h4-9,16,24,27H,10-13H2,1-3H3/t16-,24-/m1/s1. The number of allylic oxidation sites excluding steroid dienone is 3. The fourth-order valence-electron chi connectivity index (χ4n) is 4.52. The van der Waals surface area contributed by atoms with Crippen LogP contribution in [0.5, 0.6) is 0 Å². The van der Waals surface area contributed by atoms with Gasteiger partial charge in [-0.05, 0) is 49.9 Å². The van der Waals surface area contributed by atoms with Crippen molar-refractivity contribution in [2.45, 2.75) is 38.5 Å². The van der Waals surface area contributed by atoms with Gasteiger partial charge in [0.25, 0.3) is 0 Å². The summed E-state index contributed by atoms with van der Waals surface area (Å²) in [4.78, 5) is 28.7. The van der Waals surface area contributed by atoms with Crippen molar-refractivity contribution in [1.82, 2.24) is 5.32 Å². The zero-order valence-electron chi connectivity index (χ0n) is 18.4. The number of aryl methyl sites for hydroxylation is 1. The lowest BCUT2D eigenvalue weighted by molar-refractivity contribution is -0.140. The molecule has 0 amide bonds. The lowest BCUT2D eigenvalue weighted by atomic mass is 9.73. The highest BCUT2D eigenvalue weighted by Crippen LogP contribution is 2.47. The summed E-state index contributed by atoms with van der Waals surface area (Å²) >= 11 is 8.04. The molecule has 0 bridgehead atoms. The number of methoxy groups -OCH3 is 1. The van der Waals surface area contributed by atoms with E-state index in [0.29, 0.717) is 35.6 Å². The molecule has 168 valence electrons. The van der Waals surface area contributed by atoms with Gasteiger partial charge in [0.1, 0.15) is 6.61 Å². The average molecular weight is 472 g/mol. The summed E-state index contributed by atoms with van der Waals surface area (Å²) in [6.07, 6.45) is 1.02. The van der Waals surface area contributed by atoms with E-state index in [1.165, 1.54) is 0 Å². The third-order valence-corrected chi connectivity index (χ3v) is 7.37. The Labute approximate surface area is 197 Å². The number of carbonyl (C=O) groups is 2. The lowest BCUT2D eigenvalue weighted by Crippen LogP contribution is -2.36. The number of hydrogen-bond acceptors (Lipinski definition) is 6. The molecule has 2 atom stereocenters. The first kappa shape index (κ1) is 22.8. The van der Waals surface area contributed by atoms with Crippen molar-refractivity contribution in [2.24, 2.45) is 0 Å². The summed E-state index contributed by atoms with van der Waals surface area (Å²) in [5.41, 5.74) is 3.72. The van der Waals surface area contributed by atoms with Crippen LogP contribution in [0.15, 0.2) is 58.9 Å². The molecule has 1 aliphatic heterocycles. The van der Waals surface area contributed by atoms with Gasteiger partial charge in [0, 0.05) is 45.3 Å². The number of nitrogens with one attached hydrogen (secondary N) is 1. The summed E-state index contributed by atoms with van der Waals surface area (Å²) < 4.78 is 10.5. The van der Waals surface area contributed by atoms with Crippen molar-refractivity contribution in [1.29, 1.82) is 0 Å². The van der Waals surface area contributed by atoms with Gasteiger partial charge in [-0.3, -0.25) is 4.79 Å². The largest absolute Gasteiger partial charge is 0.460 e. The van der Waals surface area contributed by atoms with Crippen LogP contribution in [0.3, 0.4) is 0 Å². The van der Waals surface area contributed by atoms with Gasteiger partial charge in [-0.2, -0.15) is 0 Å². The summed E-state index contributed by atoms with van der Waals surface area (Å²) in [7, 11) is 1.56. The molecule has 1 N–H and O–H groups in total. The molecule has 0 saturated heterocycles. The van der Waals surface area contributed by atoms with Crippen LogP contribution < -0.4 is 5.32 Å². The molecule has 32 heavy (non-hydrogen) atoms. The van der Waals surface area contributed by atoms with E-state index in [-0.39, 0.29) is 18.3 Å². The minimum absolute atomic E-state index is 0.00354. The van der Waals surface area contributed by atoms with Gasteiger partial charge >= 0.3 is 5.97 Å². The monoisotopic (exact) mass is 471 g/mol. The molecule has 2 aromatic rings. The molecule has 1 aromatic heterocycles. The van der Waals surface area contributed by atoms with Crippen LogP contribution in [0.25, 0.3) is 0 Å². The molecule has 2 aliphatic rings. The second-order valence-electron chi connectivity index (χ2n) is 8.12. The molecule has 0 fully saturated rings. The number of dihydropyridines is 1. The molecule has 5 nitrogen and oxygen atoms in total. The van der Waals surface area contributed by atoms with Crippen LogP contribution in [0.2, 0.25) is 5.02 Å². The van der Waals surface area contributed by atoms with E-state index in [9.17, 15) is 9.59 Å². The number of ketones is 1. The van der Waals surface area contributed by atoms with E-state index in [1.54, 1.807) is 18.4 Å². The third kappa shape index (κ3) is 4.40. The highest BCUT2D eigenvalue weighted by atomic mass is 35.5. The van der Waals surface area contributed by atoms with Crippen LogP contribution in [0, 0.1) is 6.92 Å². The van der Waals surface area contributed by atoms with Gasteiger partial charge in [0.15, 0.2) is 5.78 Å². The summed E-state index contributed by atoms with van der Waals surface area (Å²) in [5.74, 6) is -0.819. The number of halogens is 1. The maximum Gasteiger partial charge on any atom is 0.336 e. The first-order valence-electron chi connectivity index (χ1n) is 10.6. The van der Waals surface area contributed by atoms with Crippen molar-refractivity contribution in [2.75, 3.05) is 20.3 Å². The molecular weight excluding hydrogens is 446 g/mol. The van der Waals surface area contributed by atoms with Gasteiger partial charge in [-0.1, -0.05) is 29.8 Å². The SMILES string of the molecule is COCCOC(=O)C1=C(C)NC2=C(C(=O)C[C@H](c3ccccc3Cl)C2)[C@@H]1c1ccc(C)s1. The smallest absolute Gasteiger partial charge is 0.336 e. The van der Waals surface area contributed by atoms with Crippen molar-refractivity contribution in [3.63, 3.8) is 0 Å². The molecule has 4 rings (SSSR count). The molecule has 0 spiro atoms. The van der Waals surface area contributed by atoms with E-state index in [0.717, 1.165) is 26.7 Å². The highest BCUT2D eigenvalue weighted by molar-refractivity contribution is 7.12. The van der Waals surface area contributed by atoms with Gasteiger partial charge in [-0.25, -0.2) is 4.79 Å². The second kappa shape index (κ2) is 9.61. The van der Waals surface area contributed by atoms with E-state index in [1.807, 2.05) is 50.2 Å². The Morgan fingerprint density at radius 1 is 1.16 bits per heavy atom. The number of hydrogen-bond donors (Lipinski definition) is 1. The van der Waals surface area contributed by atoms with Crippen LogP contribution in [-0.2, 0) is 19.1 Å². The summed E-state index contributed by atoms with van der Waals surface area (Å²) in [6, 6.07) is 11.7.